The summed E-state index contributed by atoms with van der Waals surface area (Å²) in [5.74, 6) is -0.668. The molecule has 0 aliphatic heterocycles. The van der Waals surface area contributed by atoms with Crippen molar-refractivity contribution in [3.63, 3.8) is 0 Å². The fraction of sp³-hybridized carbons (Fsp3) is 0.0811. The Labute approximate surface area is 266 Å². The zero-order valence-corrected chi connectivity index (χ0v) is 24.9. The molecule has 0 heterocycles. The van der Waals surface area contributed by atoms with E-state index in [0.29, 0.717) is 22.3 Å². The van der Waals surface area contributed by atoms with Crippen molar-refractivity contribution < 1.29 is 45.4 Å². The maximum Gasteiger partial charge on any atom is 0.344 e. The average molecular weight is 649 g/mol. The number of hydrogen-bond donors (Lipinski definition) is 0. The summed E-state index contributed by atoms with van der Waals surface area (Å²) in [4.78, 5) is 23.9. The molecule has 4 rings (SSSR count). The van der Waals surface area contributed by atoms with Gasteiger partial charge in [0.1, 0.15) is 11.5 Å². The standard InChI is InChI=1S/C37H26F6O4/c1-23(44)26-9-3-24(4-10-26)7-17-30(45)18-8-25-5-11-27(12-6-25)37(2,28-13-19-31(20-14-28)46-35(42)33(38)39)29-15-21-32(22-16-29)47-36(43)34(40)41/h3-22H,1-2H3/b17-7+,18-8+. The number of carbonyl (C=O) groups is 2. The van der Waals surface area contributed by atoms with Gasteiger partial charge in [0.05, 0.1) is 0 Å². The number of allylic oxidation sites excluding steroid dienone is 2. The molecule has 0 radical (unpaired) electrons. The van der Waals surface area contributed by atoms with Crippen molar-refractivity contribution in [2.75, 3.05) is 0 Å². The Hall–Kier alpha value is -5.64. The molecule has 0 amide bonds. The SMILES string of the molecule is CC(=O)c1ccc(/C=C/C(=O)/C=C/c2ccc(C(C)(c3ccc(OC(F)=C(F)F)cc3)c3ccc(OC(F)=C(F)F)cc3)cc2)cc1. The third-order valence-corrected chi connectivity index (χ3v) is 7.26. The monoisotopic (exact) mass is 648 g/mol. The molecule has 47 heavy (non-hydrogen) atoms. The van der Waals surface area contributed by atoms with Crippen molar-refractivity contribution in [1.29, 1.82) is 0 Å². The first-order valence-electron chi connectivity index (χ1n) is 14.0. The molecule has 0 aliphatic rings. The van der Waals surface area contributed by atoms with Crippen LogP contribution in [0.25, 0.3) is 12.2 Å². The first-order chi connectivity index (χ1) is 22.4. The topological polar surface area (TPSA) is 52.6 Å². The van der Waals surface area contributed by atoms with Gasteiger partial charge in [-0.3, -0.25) is 9.59 Å². The van der Waals surface area contributed by atoms with Gasteiger partial charge in [-0.15, -0.1) is 0 Å². The van der Waals surface area contributed by atoms with Crippen LogP contribution in [0.2, 0.25) is 0 Å². The summed E-state index contributed by atoms with van der Waals surface area (Å²) in [7, 11) is 0. The second-order valence-electron chi connectivity index (χ2n) is 10.3. The molecule has 4 aromatic carbocycles. The van der Waals surface area contributed by atoms with Crippen LogP contribution < -0.4 is 9.47 Å². The lowest BCUT2D eigenvalue weighted by molar-refractivity contribution is -0.110. The minimum atomic E-state index is -2.60. The van der Waals surface area contributed by atoms with Crippen LogP contribution in [0, 0.1) is 0 Å². The second-order valence-corrected chi connectivity index (χ2v) is 10.3. The molecule has 0 saturated carbocycles. The Bertz CT molecular complexity index is 1780. The molecule has 0 spiro atoms. The quantitative estimate of drug-likeness (QED) is 0.0504. The van der Waals surface area contributed by atoms with Gasteiger partial charge in [-0.2, -0.15) is 26.3 Å². The fourth-order valence-corrected chi connectivity index (χ4v) is 4.67. The van der Waals surface area contributed by atoms with Gasteiger partial charge in [0.25, 0.3) is 0 Å². The third kappa shape index (κ3) is 8.76. The largest absolute Gasteiger partial charge is 0.428 e. The smallest absolute Gasteiger partial charge is 0.344 e. The molecule has 0 unspecified atom stereocenters. The first-order valence-corrected chi connectivity index (χ1v) is 14.0. The van der Waals surface area contributed by atoms with Gasteiger partial charge in [-0.1, -0.05) is 84.9 Å². The molecule has 0 fully saturated rings. The number of rotatable bonds is 12. The molecule has 0 bridgehead atoms. The number of carbonyl (C=O) groups excluding carboxylic acids is 2. The minimum Gasteiger partial charge on any atom is -0.428 e. The number of Topliss-reactive ketones (excluding diaryl/α,β-unsaturated/α-hetero) is 1. The first kappa shape index (κ1) is 34.2. The van der Waals surface area contributed by atoms with Gasteiger partial charge in [0.2, 0.25) is 0 Å². The normalized spacial score (nSPS) is 11.4. The van der Waals surface area contributed by atoms with E-state index in [2.05, 4.69) is 9.47 Å². The van der Waals surface area contributed by atoms with E-state index in [1.807, 2.05) is 6.92 Å². The minimum absolute atomic E-state index is 0.0551. The lowest BCUT2D eigenvalue weighted by Crippen LogP contribution is -2.25. The van der Waals surface area contributed by atoms with Crippen LogP contribution in [0.3, 0.4) is 0 Å². The highest BCUT2D eigenvalue weighted by molar-refractivity contribution is 6.04. The summed E-state index contributed by atoms with van der Waals surface area (Å²) in [6, 6.07) is 21.4. The third-order valence-electron chi connectivity index (χ3n) is 7.26. The van der Waals surface area contributed by atoms with Gasteiger partial charge >= 0.3 is 24.2 Å². The van der Waals surface area contributed by atoms with Crippen LogP contribution in [0.5, 0.6) is 11.5 Å². The van der Waals surface area contributed by atoms with Crippen molar-refractivity contribution in [1.82, 2.24) is 0 Å². The van der Waals surface area contributed by atoms with Crippen LogP contribution in [0.4, 0.5) is 26.3 Å². The predicted molar refractivity (Wildman–Crippen MR) is 166 cm³/mol. The van der Waals surface area contributed by atoms with Crippen molar-refractivity contribution in [2.24, 2.45) is 0 Å². The molecule has 0 atom stereocenters. The molecule has 4 nitrogen and oxygen atoms in total. The number of hydrogen-bond acceptors (Lipinski definition) is 4. The van der Waals surface area contributed by atoms with Gasteiger partial charge in [0, 0.05) is 11.0 Å². The molecule has 4 aromatic rings. The van der Waals surface area contributed by atoms with Gasteiger partial charge in [0.15, 0.2) is 11.6 Å². The molecule has 0 aromatic heterocycles. The van der Waals surface area contributed by atoms with Crippen LogP contribution in [0.15, 0.2) is 133 Å². The second kappa shape index (κ2) is 15.1. The van der Waals surface area contributed by atoms with E-state index >= 15 is 0 Å². The Morgan fingerprint density at radius 3 is 1.23 bits per heavy atom. The summed E-state index contributed by atoms with van der Waals surface area (Å²) < 4.78 is 85.8. The van der Waals surface area contributed by atoms with E-state index < -0.39 is 29.6 Å². The molecule has 0 saturated heterocycles. The van der Waals surface area contributed by atoms with Crippen LogP contribution >= 0.6 is 0 Å². The Morgan fingerprint density at radius 1 is 0.553 bits per heavy atom. The molecular weight excluding hydrogens is 622 g/mol. The summed E-state index contributed by atoms with van der Waals surface area (Å²) >= 11 is 0. The number of halogens is 6. The number of ketones is 2. The van der Waals surface area contributed by atoms with E-state index in [1.165, 1.54) is 43.3 Å². The highest BCUT2D eigenvalue weighted by Crippen LogP contribution is 2.40. The molecule has 0 aliphatic carbocycles. The van der Waals surface area contributed by atoms with Crippen molar-refractivity contribution in [3.05, 3.63) is 167 Å². The molecule has 240 valence electrons. The average Bonchev–Trinajstić information content (AvgIpc) is 3.07. The summed E-state index contributed by atoms with van der Waals surface area (Å²) in [5, 5.41) is 0. The highest BCUT2D eigenvalue weighted by atomic mass is 19.3. The Balaban J connectivity index is 1.61. The molecule has 10 heteroatoms. The zero-order valence-electron chi connectivity index (χ0n) is 24.9. The molecule has 0 N–H and O–H groups in total. The van der Waals surface area contributed by atoms with E-state index in [-0.39, 0.29) is 23.1 Å². The zero-order chi connectivity index (χ0) is 34.1. The summed E-state index contributed by atoms with van der Waals surface area (Å²) in [6.45, 7) is 3.31. The molecular formula is C37H26F6O4. The maximum atomic E-state index is 13.3. The van der Waals surface area contributed by atoms with Gasteiger partial charge in [-0.25, -0.2) is 0 Å². The highest BCUT2D eigenvalue weighted by Gasteiger charge is 2.31. The van der Waals surface area contributed by atoms with Crippen molar-refractivity contribution in [2.45, 2.75) is 19.3 Å². The number of benzene rings is 4. The maximum absolute atomic E-state index is 13.3. The summed E-state index contributed by atoms with van der Waals surface area (Å²) in [6.07, 6.45) is 0.852. The van der Waals surface area contributed by atoms with Gasteiger partial charge in [-0.05, 0) is 78.1 Å². The Morgan fingerprint density at radius 2 is 0.894 bits per heavy atom. The van der Waals surface area contributed by atoms with E-state index in [1.54, 1.807) is 84.9 Å². The summed E-state index contributed by atoms with van der Waals surface area (Å²) in [5.41, 5.74) is 3.01. The van der Waals surface area contributed by atoms with E-state index in [9.17, 15) is 35.9 Å². The lowest BCUT2D eigenvalue weighted by Gasteiger charge is -2.32. The van der Waals surface area contributed by atoms with Crippen molar-refractivity contribution >= 4 is 23.7 Å². The van der Waals surface area contributed by atoms with Gasteiger partial charge < -0.3 is 9.47 Å². The van der Waals surface area contributed by atoms with Crippen LogP contribution in [-0.2, 0) is 10.2 Å². The van der Waals surface area contributed by atoms with Crippen LogP contribution in [0.1, 0.15) is 52.0 Å². The van der Waals surface area contributed by atoms with E-state index in [4.69, 9.17) is 0 Å². The van der Waals surface area contributed by atoms with E-state index in [0.717, 1.165) is 11.1 Å². The lowest BCUT2D eigenvalue weighted by atomic mass is 9.71. The van der Waals surface area contributed by atoms with Crippen LogP contribution in [-0.4, -0.2) is 11.6 Å². The number of ether oxygens (including phenoxy) is 2. The Kier molecular flexibility index (Phi) is 11.0. The fourth-order valence-electron chi connectivity index (χ4n) is 4.67. The predicted octanol–water partition coefficient (Wildman–Crippen LogP) is 10.4. The van der Waals surface area contributed by atoms with Crippen molar-refractivity contribution in [3.8, 4) is 11.5 Å².